The minimum atomic E-state index is 0.685. The molecule has 0 bridgehead atoms. The van der Waals surface area contributed by atoms with Gasteiger partial charge < -0.3 is 4.42 Å². The maximum absolute atomic E-state index is 5.66. The van der Waals surface area contributed by atoms with E-state index in [0.29, 0.717) is 5.88 Å². The summed E-state index contributed by atoms with van der Waals surface area (Å²) >= 11 is 0. The van der Waals surface area contributed by atoms with E-state index in [2.05, 4.69) is 37.7 Å². The molecule has 1 rings (SSSR count). The molecule has 0 aliphatic rings. The fraction of sp³-hybridized carbons (Fsp3) is 0.462. The second kappa shape index (κ2) is 5.54. The minimum absolute atomic E-state index is 0.685. The minimum Gasteiger partial charge on any atom is -0.438 e. The Hall–Kier alpha value is -1.31. The molecule has 0 amide bonds. The summed E-state index contributed by atoms with van der Waals surface area (Å²) in [5.74, 6) is 0.685. The molecule has 0 fully saturated rings. The highest BCUT2D eigenvalue weighted by Crippen LogP contribution is 2.14. The summed E-state index contributed by atoms with van der Waals surface area (Å²) in [5, 5.41) is 1.18. The predicted molar refractivity (Wildman–Crippen MR) is 66.1 cm³/mol. The predicted octanol–water partition coefficient (Wildman–Crippen LogP) is 2.56. The summed E-state index contributed by atoms with van der Waals surface area (Å²) in [6.45, 7) is 9.84. The van der Waals surface area contributed by atoms with Crippen molar-refractivity contribution in [2.75, 3.05) is 0 Å². The lowest BCUT2D eigenvalue weighted by Gasteiger charge is -1.93. The van der Waals surface area contributed by atoms with E-state index in [9.17, 15) is 0 Å². The Bertz CT molecular complexity index is 440. The van der Waals surface area contributed by atoms with Gasteiger partial charge in [-0.05, 0) is 32.6 Å². The second-order valence-electron chi connectivity index (χ2n) is 3.47. The fourth-order valence-electron chi connectivity index (χ4n) is 1.76. The average molecular weight is 205 g/mol. The van der Waals surface area contributed by atoms with Crippen molar-refractivity contribution >= 4 is 24.8 Å². The van der Waals surface area contributed by atoms with Crippen molar-refractivity contribution < 1.29 is 4.42 Å². The van der Waals surface area contributed by atoms with E-state index >= 15 is 0 Å². The Morgan fingerprint density at radius 3 is 2.60 bits per heavy atom. The molecule has 0 unspecified atom stereocenters. The Balaban J connectivity index is 3.47. The molecule has 0 atom stereocenters. The van der Waals surface area contributed by atoms with Crippen molar-refractivity contribution in [2.24, 2.45) is 4.99 Å². The molecule has 2 heteroatoms. The summed E-state index contributed by atoms with van der Waals surface area (Å²) in [4.78, 5) is 3.94. The molecule has 0 saturated carbocycles. The van der Waals surface area contributed by atoms with Crippen LogP contribution in [0.25, 0.3) is 12.2 Å². The van der Waals surface area contributed by atoms with E-state index in [-0.39, 0.29) is 0 Å². The van der Waals surface area contributed by atoms with Gasteiger partial charge in [0.15, 0.2) is 0 Å². The third kappa shape index (κ3) is 2.38. The Labute approximate surface area is 91.0 Å². The molecule has 0 N–H and O–H groups in total. The summed E-state index contributed by atoms with van der Waals surface area (Å²) < 4.78 is 5.66. The first kappa shape index (κ1) is 11.8. The van der Waals surface area contributed by atoms with Gasteiger partial charge in [0.25, 0.3) is 0 Å². The van der Waals surface area contributed by atoms with Gasteiger partial charge in [0.1, 0.15) is 5.42 Å². The van der Waals surface area contributed by atoms with Crippen LogP contribution >= 0.6 is 0 Å². The molecule has 0 radical (unpaired) electrons. The quantitative estimate of drug-likeness (QED) is 0.693. The summed E-state index contributed by atoms with van der Waals surface area (Å²) in [5.41, 5.74) is 2.13. The highest BCUT2D eigenvalue weighted by Gasteiger charge is 2.08. The smallest absolute Gasteiger partial charge is 0.222 e. The van der Waals surface area contributed by atoms with Gasteiger partial charge in [0, 0.05) is 10.8 Å². The van der Waals surface area contributed by atoms with Crippen molar-refractivity contribution in [3.63, 3.8) is 0 Å². The van der Waals surface area contributed by atoms with Crippen molar-refractivity contribution in [1.82, 2.24) is 0 Å². The molecule has 0 aliphatic heterocycles. The molecule has 0 spiro atoms. The zero-order valence-electron chi connectivity index (χ0n) is 9.84. The number of aliphatic imine (C=N–C) groups is 1. The third-order valence-electron chi connectivity index (χ3n) is 2.38. The van der Waals surface area contributed by atoms with Gasteiger partial charge >= 0.3 is 0 Å². The van der Waals surface area contributed by atoms with Gasteiger partial charge in [-0.2, -0.15) is 0 Å². The molecule has 2 nitrogen and oxygen atoms in total. The zero-order valence-corrected chi connectivity index (χ0v) is 9.84. The average Bonchev–Trinajstić information content (AvgIpc) is 2.57. The SMILES string of the molecule is C=Nc1oc(=C/CC)/c(=C\C)c1CCC. The normalized spacial score (nSPS) is 13.5. The van der Waals surface area contributed by atoms with Crippen LogP contribution in [0.3, 0.4) is 0 Å². The van der Waals surface area contributed by atoms with Gasteiger partial charge in [0.05, 0.1) is 0 Å². The lowest BCUT2D eigenvalue weighted by Crippen LogP contribution is -2.22. The second-order valence-corrected chi connectivity index (χ2v) is 3.47. The van der Waals surface area contributed by atoms with Crippen LogP contribution in [0, 0.1) is 0 Å². The summed E-state index contributed by atoms with van der Waals surface area (Å²) in [6, 6.07) is 0. The molecular formula is C13H19NO. The Morgan fingerprint density at radius 1 is 1.40 bits per heavy atom. The monoisotopic (exact) mass is 205 g/mol. The highest BCUT2D eigenvalue weighted by atomic mass is 16.3. The molecular weight excluding hydrogens is 186 g/mol. The summed E-state index contributed by atoms with van der Waals surface area (Å²) in [7, 11) is 0. The van der Waals surface area contributed by atoms with E-state index in [1.165, 1.54) is 10.8 Å². The van der Waals surface area contributed by atoms with Crippen LogP contribution < -0.4 is 10.6 Å². The molecule has 15 heavy (non-hydrogen) atoms. The largest absolute Gasteiger partial charge is 0.438 e. The van der Waals surface area contributed by atoms with Crippen molar-refractivity contribution in [2.45, 2.75) is 40.0 Å². The van der Waals surface area contributed by atoms with E-state index in [1.807, 2.05) is 6.92 Å². The first-order valence-electron chi connectivity index (χ1n) is 5.53. The molecule has 0 aliphatic carbocycles. The van der Waals surface area contributed by atoms with Crippen LogP contribution in [0.5, 0.6) is 0 Å². The Kier molecular flexibility index (Phi) is 4.35. The number of hydrogen-bond donors (Lipinski definition) is 0. The van der Waals surface area contributed by atoms with Gasteiger partial charge in [-0.15, -0.1) is 0 Å². The van der Waals surface area contributed by atoms with Crippen LogP contribution in [-0.4, -0.2) is 6.72 Å². The third-order valence-corrected chi connectivity index (χ3v) is 2.38. The maximum Gasteiger partial charge on any atom is 0.222 e. The zero-order chi connectivity index (χ0) is 11.3. The Morgan fingerprint density at radius 2 is 2.13 bits per heavy atom. The van der Waals surface area contributed by atoms with E-state index < -0.39 is 0 Å². The molecule has 0 saturated heterocycles. The fourth-order valence-corrected chi connectivity index (χ4v) is 1.76. The number of hydrogen-bond acceptors (Lipinski definition) is 2. The van der Waals surface area contributed by atoms with Crippen LogP contribution in [0.1, 0.15) is 39.2 Å². The topological polar surface area (TPSA) is 25.5 Å². The number of furan rings is 1. The van der Waals surface area contributed by atoms with Crippen molar-refractivity contribution in [3.05, 3.63) is 16.2 Å². The van der Waals surface area contributed by atoms with Gasteiger partial charge in [-0.3, -0.25) is 0 Å². The molecule has 1 heterocycles. The lowest BCUT2D eigenvalue weighted by atomic mass is 10.1. The lowest BCUT2D eigenvalue weighted by molar-refractivity contribution is 0.539. The molecule has 1 aromatic heterocycles. The standard InChI is InChI=1S/C13H19NO/c1-5-8-11-10(7-3)12(9-6-2)15-13(11)14-4/h7,9H,4-6,8H2,1-3H3/b10-7-,12-9+. The van der Waals surface area contributed by atoms with Gasteiger partial charge in [0.2, 0.25) is 5.88 Å². The molecule has 1 aromatic rings. The van der Waals surface area contributed by atoms with Crippen LogP contribution in [-0.2, 0) is 6.42 Å². The first-order valence-corrected chi connectivity index (χ1v) is 5.53. The summed E-state index contributed by atoms with van der Waals surface area (Å²) in [6.07, 6.45) is 7.23. The first-order chi connectivity index (χ1) is 7.28. The number of rotatable bonds is 4. The van der Waals surface area contributed by atoms with Crippen LogP contribution in [0.15, 0.2) is 9.41 Å². The van der Waals surface area contributed by atoms with Gasteiger partial charge in [-0.25, -0.2) is 4.99 Å². The van der Waals surface area contributed by atoms with E-state index in [1.54, 1.807) is 0 Å². The molecule has 0 aromatic carbocycles. The van der Waals surface area contributed by atoms with Crippen LogP contribution in [0.2, 0.25) is 0 Å². The molecule has 82 valence electrons. The van der Waals surface area contributed by atoms with Crippen molar-refractivity contribution in [1.29, 1.82) is 0 Å². The number of nitrogens with zero attached hydrogens (tertiary/aromatic N) is 1. The van der Waals surface area contributed by atoms with Crippen molar-refractivity contribution in [3.8, 4) is 0 Å². The highest BCUT2D eigenvalue weighted by molar-refractivity contribution is 5.47. The van der Waals surface area contributed by atoms with E-state index in [4.69, 9.17) is 4.42 Å². The maximum atomic E-state index is 5.66. The van der Waals surface area contributed by atoms with Gasteiger partial charge in [-0.1, -0.05) is 26.3 Å². The van der Waals surface area contributed by atoms with E-state index in [0.717, 1.165) is 24.7 Å². The van der Waals surface area contributed by atoms with Crippen LogP contribution in [0.4, 0.5) is 5.88 Å².